The van der Waals surface area contributed by atoms with Gasteiger partial charge in [-0.05, 0) is 18.1 Å². The van der Waals surface area contributed by atoms with E-state index in [4.69, 9.17) is 11.5 Å². The first kappa shape index (κ1) is 9.51. The maximum atomic E-state index is 9.45. The van der Waals surface area contributed by atoms with E-state index in [0.29, 0.717) is 17.7 Å². The minimum absolute atomic E-state index is 0.0392. The summed E-state index contributed by atoms with van der Waals surface area (Å²) in [6.45, 7) is 1.98. The lowest BCUT2D eigenvalue weighted by Gasteiger charge is -2.09. The Balaban J connectivity index is 3.24. The van der Waals surface area contributed by atoms with E-state index < -0.39 is 0 Å². The van der Waals surface area contributed by atoms with Crippen molar-refractivity contribution in [3.8, 4) is 11.5 Å². The minimum atomic E-state index is -0.316. The second-order valence-electron chi connectivity index (χ2n) is 2.99. The molecule has 13 heavy (non-hydrogen) atoms. The molecule has 0 spiro atoms. The number of rotatable bonds is 2. The summed E-state index contributed by atoms with van der Waals surface area (Å²) in [7, 11) is 0. The predicted octanol–water partition coefficient (Wildman–Crippen LogP) is 1.21. The molecule has 1 rings (SSSR count). The van der Waals surface area contributed by atoms with Gasteiger partial charge < -0.3 is 21.7 Å². The fourth-order valence-corrected chi connectivity index (χ4v) is 1.21. The molecule has 4 heteroatoms. The molecule has 0 aliphatic carbocycles. The molecule has 6 N–H and O–H groups in total. The zero-order chi connectivity index (χ0) is 10.0. The molecular weight excluding hydrogens is 168 g/mol. The first-order valence-corrected chi connectivity index (χ1v) is 4.16. The Bertz CT molecular complexity index is 324. The van der Waals surface area contributed by atoms with Crippen molar-refractivity contribution in [1.82, 2.24) is 0 Å². The van der Waals surface area contributed by atoms with E-state index in [1.807, 2.05) is 6.92 Å². The number of phenols is 2. The van der Waals surface area contributed by atoms with Crippen LogP contribution in [0.2, 0.25) is 0 Å². The summed E-state index contributed by atoms with van der Waals surface area (Å²) in [6.07, 6.45) is 1.54. The highest BCUT2D eigenvalue weighted by Crippen LogP contribution is 2.39. The Kier molecular flexibility index (Phi) is 2.51. The van der Waals surface area contributed by atoms with Crippen LogP contribution in [-0.4, -0.2) is 10.2 Å². The molecule has 0 bridgehead atoms. The van der Waals surface area contributed by atoms with Crippen molar-refractivity contribution in [1.29, 1.82) is 0 Å². The summed E-state index contributed by atoms with van der Waals surface area (Å²) in [5.74, 6) is -0.475. The van der Waals surface area contributed by atoms with Gasteiger partial charge >= 0.3 is 0 Å². The van der Waals surface area contributed by atoms with Gasteiger partial charge in [0.25, 0.3) is 0 Å². The normalized spacial score (nSPS) is 10.2. The van der Waals surface area contributed by atoms with Crippen molar-refractivity contribution < 1.29 is 10.2 Å². The maximum absolute atomic E-state index is 9.45. The van der Waals surface area contributed by atoms with Crippen molar-refractivity contribution in [2.24, 2.45) is 0 Å². The summed E-state index contributed by atoms with van der Waals surface area (Å²) in [5.41, 5.74) is 11.9. The van der Waals surface area contributed by atoms with E-state index in [-0.39, 0.29) is 17.2 Å². The van der Waals surface area contributed by atoms with Crippen LogP contribution in [0.4, 0.5) is 11.4 Å². The third-order valence-corrected chi connectivity index (χ3v) is 1.94. The molecule has 4 nitrogen and oxygen atoms in total. The van der Waals surface area contributed by atoms with Gasteiger partial charge in [0.1, 0.15) is 5.69 Å². The third kappa shape index (κ3) is 1.61. The predicted molar refractivity (Wildman–Crippen MR) is 52.6 cm³/mol. The van der Waals surface area contributed by atoms with E-state index in [2.05, 4.69) is 0 Å². The van der Waals surface area contributed by atoms with Crippen LogP contribution < -0.4 is 11.5 Å². The largest absolute Gasteiger partial charge is 0.504 e. The first-order chi connectivity index (χ1) is 6.07. The lowest BCUT2D eigenvalue weighted by molar-refractivity contribution is 0.401. The second-order valence-corrected chi connectivity index (χ2v) is 2.99. The Morgan fingerprint density at radius 1 is 1.23 bits per heavy atom. The first-order valence-electron chi connectivity index (χ1n) is 4.16. The van der Waals surface area contributed by atoms with Gasteiger partial charge in [-0.3, -0.25) is 0 Å². The number of nitrogen functional groups attached to an aromatic ring is 2. The summed E-state index contributed by atoms with van der Waals surface area (Å²) in [6, 6.07) is 1.59. The monoisotopic (exact) mass is 182 g/mol. The highest BCUT2D eigenvalue weighted by Gasteiger charge is 2.12. The molecule has 1 aromatic rings. The summed E-state index contributed by atoms with van der Waals surface area (Å²) < 4.78 is 0. The molecule has 0 fully saturated rings. The van der Waals surface area contributed by atoms with Crippen LogP contribution >= 0.6 is 0 Å². The molecule has 0 saturated heterocycles. The van der Waals surface area contributed by atoms with E-state index in [1.54, 1.807) is 6.07 Å². The maximum Gasteiger partial charge on any atom is 0.183 e. The highest BCUT2D eigenvalue weighted by atomic mass is 16.3. The summed E-state index contributed by atoms with van der Waals surface area (Å²) in [4.78, 5) is 0. The van der Waals surface area contributed by atoms with Crippen LogP contribution in [0.25, 0.3) is 0 Å². The van der Waals surface area contributed by atoms with Crippen LogP contribution in [0, 0.1) is 0 Å². The van der Waals surface area contributed by atoms with Gasteiger partial charge in [0.05, 0.1) is 5.69 Å². The van der Waals surface area contributed by atoms with Crippen molar-refractivity contribution >= 4 is 11.4 Å². The average molecular weight is 182 g/mol. The Morgan fingerprint density at radius 2 is 1.85 bits per heavy atom. The van der Waals surface area contributed by atoms with Crippen molar-refractivity contribution in [3.05, 3.63) is 11.6 Å². The number of hydrogen-bond donors (Lipinski definition) is 4. The topological polar surface area (TPSA) is 92.5 Å². The number of phenolic OH excluding ortho intramolecular Hbond substituents is 2. The number of hydrogen-bond acceptors (Lipinski definition) is 4. The molecule has 0 unspecified atom stereocenters. The molecule has 0 saturated carbocycles. The number of aromatic hydroxyl groups is 2. The van der Waals surface area contributed by atoms with Crippen LogP contribution in [0.5, 0.6) is 11.5 Å². The molecule has 0 aromatic heterocycles. The van der Waals surface area contributed by atoms with Gasteiger partial charge in [0.2, 0.25) is 0 Å². The smallest absolute Gasteiger partial charge is 0.183 e. The van der Waals surface area contributed by atoms with Gasteiger partial charge in [0.15, 0.2) is 11.5 Å². The highest BCUT2D eigenvalue weighted by molar-refractivity contribution is 5.76. The van der Waals surface area contributed by atoms with Crippen molar-refractivity contribution in [2.45, 2.75) is 19.8 Å². The van der Waals surface area contributed by atoms with Gasteiger partial charge in [-0.2, -0.15) is 0 Å². The van der Waals surface area contributed by atoms with Gasteiger partial charge in [-0.25, -0.2) is 0 Å². The summed E-state index contributed by atoms with van der Waals surface area (Å²) in [5, 5.41) is 18.8. The van der Waals surface area contributed by atoms with E-state index in [9.17, 15) is 10.2 Å². The number of aryl methyl sites for hydroxylation is 1. The van der Waals surface area contributed by atoms with Crippen LogP contribution in [0.1, 0.15) is 18.9 Å². The molecule has 0 aliphatic rings. The summed E-state index contributed by atoms with van der Waals surface area (Å²) >= 11 is 0. The standard InChI is InChI=1S/C9H14N2O2/c1-2-3-5-4-6(10)7(11)9(13)8(5)12/h4,12-13H,2-3,10-11H2,1H3. The van der Waals surface area contributed by atoms with Crippen LogP contribution in [-0.2, 0) is 6.42 Å². The molecule has 0 amide bonds. The lowest BCUT2D eigenvalue weighted by atomic mass is 10.1. The Labute approximate surface area is 76.8 Å². The third-order valence-electron chi connectivity index (χ3n) is 1.94. The van der Waals surface area contributed by atoms with E-state index in [0.717, 1.165) is 6.42 Å². The average Bonchev–Trinajstić information content (AvgIpc) is 2.11. The molecule has 0 aliphatic heterocycles. The molecule has 0 atom stereocenters. The zero-order valence-electron chi connectivity index (χ0n) is 7.54. The van der Waals surface area contributed by atoms with E-state index >= 15 is 0 Å². The van der Waals surface area contributed by atoms with E-state index in [1.165, 1.54) is 0 Å². The van der Waals surface area contributed by atoms with Crippen molar-refractivity contribution in [2.75, 3.05) is 11.5 Å². The second kappa shape index (κ2) is 3.43. The fraction of sp³-hybridized carbons (Fsp3) is 0.333. The van der Waals surface area contributed by atoms with Crippen molar-refractivity contribution in [3.63, 3.8) is 0 Å². The number of anilines is 2. The van der Waals surface area contributed by atoms with Crippen LogP contribution in [0.15, 0.2) is 6.07 Å². The lowest BCUT2D eigenvalue weighted by Crippen LogP contribution is -1.97. The Morgan fingerprint density at radius 3 is 2.38 bits per heavy atom. The number of nitrogens with two attached hydrogens (primary N) is 2. The zero-order valence-corrected chi connectivity index (χ0v) is 7.54. The molecular formula is C9H14N2O2. The van der Waals surface area contributed by atoms with Gasteiger partial charge in [-0.1, -0.05) is 13.3 Å². The Hall–Kier alpha value is -1.58. The number of benzene rings is 1. The van der Waals surface area contributed by atoms with Crippen LogP contribution in [0.3, 0.4) is 0 Å². The SMILES string of the molecule is CCCc1cc(N)c(N)c(O)c1O. The molecule has 0 radical (unpaired) electrons. The fourth-order valence-electron chi connectivity index (χ4n) is 1.21. The molecule has 72 valence electrons. The quantitative estimate of drug-likeness (QED) is 0.314. The molecule has 0 heterocycles. The van der Waals surface area contributed by atoms with Gasteiger partial charge in [-0.15, -0.1) is 0 Å². The van der Waals surface area contributed by atoms with Gasteiger partial charge in [0, 0.05) is 0 Å². The minimum Gasteiger partial charge on any atom is -0.504 e. The molecule has 1 aromatic carbocycles.